The van der Waals surface area contributed by atoms with Crippen molar-refractivity contribution in [3.63, 3.8) is 0 Å². The normalized spacial score (nSPS) is 12.0. The van der Waals surface area contributed by atoms with Crippen LogP contribution >= 0.6 is 11.6 Å². The van der Waals surface area contributed by atoms with Crippen LogP contribution in [0.5, 0.6) is 0 Å². The molecule has 6 heteroatoms. The van der Waals surface area contributed by atoms with Gasteiger partial charge in [-0.1, -0.05) is 54.1 Å². The van der Waals surface area contributed by atoms with E-state index >= 15 is 0 Å². The molecule has 3 rings (SSSR count). The van der Waals surface area contributed by atoms with Crippen molar-refractivity contribution in [1.82, 2.24) is 14.7 Å². The van der Waals surface area contributed by atoms with Gasteiger partial charge >= 0.3 is 0 Å². The van der Waals surface area contributed by atoms with Gasteiger partial charge in [-0.25, -0.2) is 9.07 Å². The van der Waals surface area contributed by atoms with Gasteiger partial charge in [0, 0.05) is 7.05 Å². The molecule has 140 valence electrons. The number of aryl methyl sites for hydroxylation is 1. The van der Waals surface area contributed by atoms with Crippen LogP contribution in [0.15, 0.2) is 54.6 Å². The highest BCUT2D eigenvalue weighted by atomic mass is 35.5. The monoisotopic (exact) mass is 385 g/mol. The Balaban J connectivity index is 1.84. The lowest BCUT2D eigenvalue weighted by Gasteiger charge is -2.25. The van der Waals surface area contributed by atoms with Crippen molar-refractivity contribution in [2.24, 2.45) is 0 Å². The molecule has 0 saturated carbocycles. The third kappa shape index (κ3) is 4.03. The van der Waals surface area contributed by atoms with Gasteiger partial charge < -0.3 is 4.90 Å². The molecule has 0 unspecified atom stereocenters. The maximum absolute atomic E-state index is 13.2. The number of carbonyl (C=O) groups excluding carboxylic acids is 1. The molecule has 0 spiro atoms. The molecule has 1 aromatic heterocycles. The first-order valence-corrected chi connectivity index (χ1v) is 9.05. The molecule has 0 saturated heterocycles. The van der Waals surface area contributed by atoms with Gasteiger partial charge in [-0.3, -0.25) is 4.79 Å². The number of hydrogen-bond donors (Lipinski definition) is 0. The second-order valence-corrected chi connectivity index (χ2v) is 6.90. The van der Waals surface area contributed by atoms with Crippen LogP contribution in [0.3, 0.4) is 0 Å². The maximum Gasteiger partial charge on any atom is 0.259 e. The smallest absolute Gasteiger partial charge is 0.259 e. The summed E-state index contributed by atoms with van der Waals surface area (Å²) in [5.74, 6) is -0.519. The van der Waals surface area contributed by atoms with Crippen molar-refractivity contribution in [1.29, 1.82) is 0 Å². The van der Waals surface area contributed by atoms with Crippen molar-refractivity contribution >= 4 is 17.5 Å². The fourth-order valence-corrected chi connectivity index (χ4v) is 3.29. The van der Waals surface area contributed by atoms with E-state index in [4.69, 9.17) is 11.6 Å². The lowest BCUT2D eigenvalue weighted by molar-refractivity contribution is 0.0742. The van der Waals surface area contributed by atoms with E-state index in [1.54, 1.807) is 35.7 Å². The average Bonchev–Trinajstić information content (AvgIpc) is 2.94. The molecule has 0 aliphatic heterocycles. The average molecular weight is 386 g/mol. The van der Waals surface area contributed by atoms with E-state index in [9.17, 15) is 9.18 Å². The zero-order valence-corrected chi connectivity index (χ0v) is 16.2. The van der Waals surface area contributed by atoms with Gasteiger partial charge in [-0.15, -0.1) is 0 Å². The first-order chi connectivity index (χ1) is 12.9. The highest BCUT2D eigenvalue weighted by Crippen LogP contribution is 2.26. The summed E-state index contributed by atoms with van der Waals surface area (Å²) in [6.45, 7) is 4.16. The van der Waals surface area contributed by atoms with Crippen LogP contribution in [0.4, 0.5) is 4.39 Å². The van der Waals surface area contributed by atoms with Gasteiger partial charge in [-0.05, 0) is 37.1 Å². The van der Waals surface area contributed by atoms with Crippen LogP contribution in [-0.2, 0) is 6.54 Å². The second kappa shape index (κ2) is 7.92. The summed E-state index contributed by atoms with van der Waals surface area (Å²) < 4.78 is 14.8. The standard InChI is InChI=1S/C21H21ClFN3O/c1-14-19(20(22)26(24-14)13-16-7-5-4-6-8-16)21(27)25(3)15(2)17-9-11-18(23)12-10-17/h4-12,15H,13H2,1-3H3/t15-/m1/s1. The van der Waals surface area contributed by atoms with Crippen LogP contribution in [-0.4, -0.2) is 27.6 Å². The molecule has 1 amide bonds. The molecule has 0 fully saturated rings. The van der Waals surface area contributed by atoms with Gasteiger partial charge in [0.05, 0.1) is 23.8 Å². The summed E-state index contributed by atoms with van der Waals surface area (Å²) >= 11 is 6.49. The molecule has 1 atom stereocenters. The summed E-state index contributed by atoms with van der Waals surface area (Å²) in [5.41, 5.74) is 2.87. The summed E-state index contributed by atoms with van der Waals surface area (Å²) in [6, 6.07) is 15.7. The molecular formula is C21H21ClFN3O. The highest BCUT2D eigenvalue weighted by molar-refractivity contribution is 6.33. The Bertz CT molecular complexity index is 938. The van der Waals surface area contributed by atoms with Crippen molar-refractivity contribution in [2.75, 3.05) is 7.05 Å². The second-order valence-electron chi connectivity index (χ2n) is 6.54. The van der Waals surface area contributed by atoms with Gasteiger partial charge in [0.1, 0.15) is 11.0 Å². The molecule has 27 heavy (non-hydrogen) atoms. The molecule has 0 aliphatic rings. The number of carbonyl (C=O) groups is 1. The van der Waals surface area contributed by atoms with Crippen molar-refractivity contribution in [2.45, 2.75) is 26.4 Å². The first kappa shape index (κ1) is 19.1. The Labute approximate surface area is 163 Å². The molecule has 4 nitrogen and oxygen atoms in total. The van der Waals surface area contributed by atoms with E-state index in [-0.39, 0.29) is 17.8 Å². The fraction of sp³-hybridized carbons (Fsp3) is 0.238. The number of benzene rings is 2. The van der Waals surface area contributed by atoms with Crippen LogP contribution in [0.2, 0.25) is 5.15 Å². The number of rotatable bonds is 5. The van der Waals surface area contributed by atoms with Gasteiger partial charge in [0.15, 0.2) is 0 Å². The maximum atomic E-state index is 13.2. The van der Waals surface area contributed by atoms with Gasteiger partial charge in [0.25, 0.3) is 5.91 Å². The summed E-state index contributed by atoms with van der Waals surface area (Å²) in [6.07, 6.45) is 0. The predicted molar refractivity (Wildman–Crippen MR) is 104 cm³/mol. The Kier molecular flexibility index (Phi) is 5.61. The van der Waals surface area contributed by atoms with Crippen LogP contribution < -0.4 is 0 Å². The first-order valence-electron chi connectivity index (χ1n) is 8.68. The molecule has 3 aromatic rings. The topological polar surface area (TPSA) is 38.1 Å². The minimum Gasteiger partial charge on any atom is -0.335 e. The van der Waals surface area contributed by atoms with E-state index in [0.29, 0.717) is 23.0 Å². The number of halogens is 2. The zero-order chi connectivity index (χ0) is 19.6. The largest absolute Gasteiger partial charge is 0.335 e. The fourth-order valence-electron chi connectivity index (χ4n) is 2.97. The number of aromatic nitrogens is 2. The molecule has 0 aliphatic carbocycles. The van der Waals surface area contributed by atoms with Gasteiger partial charge in [0.2, 0.25) is 0 Å². The molecule has 0 radical (unpaired) electrons. The Morgan fingerprint density at radius 2 is 1.81 bits per heavy atom. The third-order valence-corrected chi connectivity index (χ3v) is 5.09. The number of nitrogens with zero attached hydrogens (tertiary/aromatic N) is 3. The molecule has 0 N–H and O–H groups in total. The highest BCUT2D eigenvalue weighted by Gasteiger charge is 2.26. The van der Waals surface area contributed by atoms with Crippen molar-refractivity contribution < 1.29 is 9.18 Å². The summed E-state index contributed by atoms with van der Waals surface area (Å²) in [7, 11) is 1.71. The minimum absolute atomic E-state index is 0.214. The third-order valence-electron chi connectivity index (χ3n) is 4.71. The minimum atomic E-state index is -0.305. The van der Waals surface area contributed by atoms with Crippen LogP contribution in [0.25, 0.3) is 0 Å². The van der Waals surface area contributed by atoms with Crippen molar-refractivity contribution in [3.8, 4) is 0 Å². The van der Waals surface area contributed by atoms with Gasteiger partial charge in [-0.2, -0.15) is 5.10 Å². The number of amides is 1. The Morgan fingerprint density at radius 3 is 2.44 bits per heavy atom. The molecule has 2 aromatic carbocycles. The lowest BCUT2D eigenvalue weighted by Crippen LogP contribution is -2.30. The van der Waals surface area contributed by atoms with Crippen molar-refractivity contribution in [3.05, 3.63) is 88.0 Å². The Hall–Kier alpha value is -2.66. The van der Waals surface area contributed by atoms with E-state index in [0.717, 1.165) is 11.1 Å². The van der Waals surface area contributed by atoms with Crippen LogP contribution in [0.1, 0.15) is 40.1 Å². The SMILES string of the molecule is Cc1nn(Cc2ccccc2)c(Cl)c1C(=O)N(C)[C@H](C)c1ccc(F)cc1. The van der Waals surface area contributed by atoms with E-state index < -0.39 is 0 Å². The van der Waals surface area contributed by atoms with E-state index in [1.807, 2.05) is 37.3 Å². The quantitative estimate of drug-likeness (QED) is 0.628. The zero-order valence-electron chi connectivity index (χ0n) is 15.5. The number of hydrogen-bond acceptors (Lipinski definition) is 2. The summed E-state index contributed by atoms with van der Waals surface area (Å²) in [4.78, 5) is 14.6. The molecule has 1 heterocycles. The lowest BCUT2D eigenvalue weighted by atomic mass is 10.1. The van der Waals surface area contributed by atoms with Crippen LogP contribution in [0, 0.1) is 12.7 Å². The van der Waals surface area contributed by atoms with E-state index in [2.05, 4.69) is 5.10 Å². The predicted octanol–water partition coefficient (Wildman–Crippen LogP) is 4.87. The summed E-state index contributed by atoms with van der Waals surface area (Å²) in [5, 5.41) is 4.76. The molecular weight excluding hydrogens is 365 g/mol. The van der Waals surface area contributed by atoms with E-state index in [1.165, 1.54) is 12.1 Å². The Morgan fingerprint density at radius 1 is 1.19 bits per heavy atom. The molecule has 0 bridgehead atoms.